The lowest BCUT2D eigenvalue weighted by molar-refractivity contribution is 0.0722. The van der Waals surface area contributed by atoms with E-state index in [1.54, 1.807) is 12.5 Å². The molecule has 1 unspecified atom stereocenters. The zero-order valence-electron chi connectivity index (χ0n) is 15.6. The second-order valence-corrected chi connectivity index (χ2v) is 7.75. The lowest BCUT2D eigenvalue weighted by atomic mass is 10.0. The molecule has 0 saturated carbocycles. The van der Waals surface area contributed by atoms with E-state index in [0.717, 1.165) is 31.6 Å². The number of nitrogens with zero attached hydrogens (tertiary/aromatic N) is 3. The van der Waals surface area contributed by atoms with E-state index in [1.165, 1.54) is 11.8 Å². The van der Waals surface area contributed by atoms with Gasteiger partial charge in [0.2, 0.25) is 0 Å². The van der Waals surface area contributed by atoms with Crippen LogP contribution in [0.5, 0.6) is 0 Å². The van der Waals surface area contributed by atoms with Gasteiger partial charge in [0, 0.05) is 18.8 Å². The molecule has 1 amide bonds. The summed E-state index contributed by atoms with van der Waals surface area (Å²) in [5.74, 6) is 1.95. The maximum absolute atomic E-state index is 13.2. The number of aromatic nitrogens is 2. The summed E-state index contributed by atoms with van der Waals surface area (Å²) in [5.41, 5.74) is 0.532. The minimum absolute atomic E-state index is 0.0164. The van der Waals surface area contributed by atoms with E-state index in [-0.39, 0.29) is 5.91 Å². The van der Waals surface area contributed by atoms with Gasteiger partial charge in [0.05, 0.1) is 12.8 Å². The van der Waals surface area contributed by atoms with Gasteiger partial charge in [0.25, 0.3) is 5.91 Å². The number of nitrogens with one attached hydrogen (secondary N) is 1. The highest BCUT2D eigenvalue weighted by Gasteiger charge is 2.31. The molecule has 2 aromatic heterocycles. The summed E-state index contributed by atoms with van der Waals surface area (Å²) in [7, 11) is 0. The van der Waals surface area contributed by atoms with E-state index in [4.69, 9.17) is 4.42 Å². The number of hydrogen-bond donors (Lipinski definition) is 1. The zero-order valence-corrected chi connectivity index (χ0v) is 16.4. The molecule has 140 valence electrons. The molecule has 0 radical (unpaired) electrons. The number of carbonyl (C=O) groups excluding carboxylic acids is 1. The first kappa shape index (κ1) is 18.8. The average molecular weight is 375 g/mol. The maximum atomic E-state index is 13.2. The van der Waals surface area contributed by atoms with E-state index >= 15 is 0 Å². The van der Waals surface area contributed by atoms with Crippen molar-refractivity contribution >= 4 is 23.5 Å². The van der Waals surface area contributed by atoms with Crippen molar-refractivity contribution < 1.29 is 9.21 Å². The van der Waals surface area contributed by atoms with E-state index in [1.807, 2.05) is 23.3 Å². The number of thioether (sulfide) groups is 1. The van der Waals surface area contributed by atoms with Crippen LogP contribution < -0.4 is 5.32 Å². The molecule has 0 spiro atoms. The summed E-state index contributed by atoms with van der Waals surface area (Å²) in [6.07, 6.45) is 8.37. The van der Waals surface area contributed by atoms with Gasteiger partial charge in [-0.2, -0.15) is 0 Å². The van der Waals surface area contributed by atoms with Gasteiger partial charge in [0.15, 0.2) is 5.16 Å². The number of amides is 1. The SMILES string of the molecule is CSc1ncc(C(=O)N2CCCC2CC(C)C)c(NCc2ccco2)n1. The largest absolute Gasteiger partial charge is 0.467 e. The lowest BCUT2D eigenvalue weighted by Crippen LogP contribution is -2.37. The molecular formula is C19H26N4O2S. The van der Waals surface area contributed by atoms with Gasteiger partial charge in [-0.25, -0.2) is 9.97 Å². The van der Waals surface area contributed by atoms with E-state index in [2.05, 4.69) is 29.1 Å². The topological polar surface area (TPSA) is 71.3 Å². The van der Waals surface area contributed by atoms with E-state index in [9.17, 15) is 4.79 Å². The molecule has 1 aliphatic rings. The number of carbonyl (C=O) groups is 1. The Morgan fingerprint density at radius 1 is 1.50 bits per heavy atom. The molecule has 1 aliphatic heterocycles. The number of anilines is 1. The van der Waals surface area contributed by atoms with Crippen molar-refractivity contribution in [1.82, 2.24) is 14.9 Å². The van der Waals surface area contributed by atoms with Crippen LogP contribution in [0, 0.1) is 5.92 Å². The first-order valence-corrected chi connectivity index (χ1v) is 10.3. The number of furan rings is 1. The van der Waals surface area contributed by atoms with Crippen molar-refractivity contribution in [2.75, 3.05) is 18.1 Å². The Kier molecular flexibility index (Phi) is 6.19. The Labute approximate surface area is 158 Å². The monoisotopic (exact) mass is 374 g/mol. The summed E-state index contributed by atoms with van der Waals surface area (Å²) >= 11 is 1.46. The van der Waals surface area contributed by atoms with Gasteiger partial charge >= 0.3 is 0 Å². The molecule has 1 fully saturated rings. The van der Waals surface area contributed by atoms with Crippen LogP contribution in [-0.2, 0) is 6.54 Å². The predicted molar refractivity (Wildman–Crippen MR) is 103 cm³/mol. The van der Waals surface area contributed by atoms with Crippen LogP contribution in [0.3, 0.4) is 0 Å². The van der Waals surface area contributed by atoms with E-state index in [0.29, 0.717) is 35.0 Å². The molecule has 1 N–H and O–H groups in total. The Morgan fingerprint density at radius 2 is 2.35 bits per heavy atom. The third-order valence-corrected chi connectivity index (χ3v) is 5.13. The van der Waals surface area contributed by atoms with Crippen LogP contribution in [0.15, 0.2) is 34.2 Å². The van der Waals surface area contributed by atoms with Crippen LogP contribution in [0.25, 0.3) is 0 Å². The van der Waals surface area contributed by atoms with Crippen LogP contribution in [0.2, 0.25) is 0 Å². The fourth-order valence-corrected chi connectivity index (χ4v) is 3.73. The first-order chi connectivity index (χ1) is 12.6. The molecule has 7 heteroatoms. The van der Waals surface area contributed by atoms with Gasteiger partial charge in [-0.05, 0) is 43.6 Å². The fourth-order valence-electron chi connectivity index (χ4n) is 3.39. The molecule has 0 aliphatic carbocycles. The summed E-state index contributed by atoms with van der Waals surface area (Å²) in [6.45, 7) is 5.69. The number of hydrogen-bond acceptors (Lipinski definition) is 6. The highest BCUT2D eigenvalue weighted by Crippen LogP contribution is 2.27. The zero-order chi connectivity index (χ0) is 18.5. The van der Waals surface area contributed by atoms with E-state index < -0.39 is 0 Å². The summed E-state index contributed by atoms with van der Waals surface area (Å²) in [4.78, 5) is 24.0. The van der Waals surface area contributed by atoms with Gasteiger partial charge in [-0.15, -0.1) is 0 Å². The molecular weight excluding hydrogens is 348 g/mol. The van der Waals surface area contributed by atoms with Gasteiger partial charge in [-0.1, -0.05) is 25.6 Å². The van der Waals surface area contributed by atoms with Crippen molar-refractivity contribution in [2.45, 2.75) is 50.9 Å². The Balaban J connectivity index is 1.81. The van der Waals surface area contributed by atoms with Gasteiger partial charge in [0.1, 0.15) is 17.1 Å². The highest BCUT2D eigenvalue weighted by molar-refractivity contribution is 7.98. The summed E-state index contributed by atoms with van der Waals surface area (Å²) in [6, 6.07) is 4.04. The maximum Gasteiger partial charge on any atom is 0.259 e. The van der Waals surface area contributed by atoms with Crippen molar-refractivity contribution in [3.05, 3.63) is 35.9 Å². The van der Waals surface area contributed by atoms with Gasteiger partial charge < -0.3 is 14.6 Å². The quantitative estimate of drug-likeness (QED) is 0.582. The molecule has 3 heterocycles. The summed E-state index contributed by atoms with van der Waals surface area (Å²) in [5, 5.41) is 3.89. The molecule has 3 rings (SSSR count). The predicted octanol–water partition coefficient (Wildman–Crippen LogP) is 4.05. The number of rotatable bonds is 7. The Bertz CT molecular complexity index is 733. The van der Waals surface area contributed by atoms with Crippen molar-refractivity contribution in [2.24, 2.45) is 5.92 Å². The molecule has 1 saturated heterocycles. The second-order valence-electron chi connectivity index (χ2n) is 6.98. The van der Waals surface area contributed by atoms with Crippen LogP contribution in [0.4, 0.5) is 5.82 Å². The smallest absolute Gasteiger partial charge is 0.259 e. The van der Waals surface area contributed by atoms with Crippen LogP contribution >= 0.6 is 11.8 Å². The van der Waals surface area contributed by atoms with Gasteiger partial charge in [-0.3, -0.25) is 4.79 Å². The highest BCUT2D eigenvalue weighted by atomic mass is 32.2. The standard InChI is InChI=1S/C19H26N4O2S/c1-13(2)10-14-6-4-8-23(14)18(24)16-12-21-19(26-3)22-17(16)20-11-15-7-5-9-25-15/h5,7,9,12-14H,4,6,8,10-11H2,1-3H3,(H,20,21,22). The van der Waals surface area contributed by atoms with Crippen LogP contribution in [0.1, 0.15) is 49.2 Å². The summed E-state index contributed by atoms with van der Waals surface area (Å²) < 4.78 is 5.37. The average Bonchev–Trinajstić information content (AvgIpc) is 3.30. The van der Waals surface area contributed by atoms with Crippen molar-refractivity contribution in [3.8, 4) is 0 Å². The lowest BCUT2D eigenvalue weighted by Gasteiger charge is -2.26. The molecule has 26 heavy (non-hydrogen) atoms. The van der Waals surface area contributed by atoms with Crippen molar-refractivity contribution in [3.63, 3.8) is 0 Å². The van der Waals surface area contributed by atoms with Crippen molar-refractivity contribution in [1.29, 1.82) is 0 Å². The molecule has 2 aromatic rings. The minimum atomic E-state index is 0.0164. The third kappa shape index (κ3) is 4.38. The molecule has 0 bridgehead atoms. The molecule has 0 aromatic carbocycles. The Hall–Kier alpha value is -2.02. The first-order valence-electron chi connectivity index (χ1n) is 9.06. The van der Waals surface area contributed by atoms with Crippen LogP contribution in [-0.4, -0.2) is 39.6 Å². The fraction of sp³-hybridized carbons (Fsp3) is 0.526. The Morgan fingerprint density at radius 3 is 3.04 bits per heavy atom. The normalized spacial score (nSPS) is 17.1. The number of likely N-dealkylation sites (tertiary alicyclic amines) is 1. The third-order valence-electron chi connectivity index (χ3n) is 4.57. The second kappa shape index (κ2) is 8.58. The molecule has 1 atom stereocenters. The molecule has 6 nitrogen and oxygen atoms in total. The minimum Gasteiger partial charge on any atom is -0.467 e.